The summed E-state index contributed by atoms with van der Waals surface area (Å²) in [5, 5.41) is 3.30. The summed E-state index contributed by atoms with van der Waals surface area (Å²) < 4.78 is 0. The average Bonchev–Trinajstić information content (AvgIpc) is 2.68. The van der Waals surface area contributed by atoms with E-state index in [1.54, 1.807) is 4.90 Å². The van der Waals surface area contributed by atoms with Gasteiger partial charge >= 0.3 is 0 Å². The standard InChI is InChI=1S/C22H30N4O.HI/c1-4-23-22(26(3)18-20-13-9-6-10-14-20)24-16-15-21(27)25(2)17-19-11-7-5-8-12-19;/h5-14H,4,15-18H2,1-3H3,(H,23,24);1H. The van der Waals surface area contributed by atoms with Gasteiger partial charge in [-0.3, -0.25) is 9.79 Å². The van der Waals surface area contributed by atoms with Crippen LogP contribution in [0.4, 0.5) is 0 Å². The minimum Gasteiger partial charge on any atom is -0.357 e. The molecule has 28 heavy (non-hydrogen) atoms. The third kappa shape index (κ3) is 8.29. The second kappa shape index (κ2) is 13.1. The van der Waals surface area contributed by atoms with Crippen molar-refractivity contribution in [2.45, 2.75) is 26.4 Å². The lowest BCUT2D eigenvalue weighted by molar-refractivity contribution is -0.130. The Morgan fingerprint density at radius 2 is 1.39 bits per heavy atom. The van der Waals surface area contributed by atoms with E-state index in [1.165, 1.54) is 5.56 Å². The fourth-order valence-electron chi connectivity index (χ4n) is 2.80. The Bertz CT molecular complexity index is 722. The first-order valence-corrected chi connectivity index (χ1v) is 9.41. The van der Waals surface area contributed by atoms with Gasteiger partial charge in [0.2, 0.25) is 5.91 Å². The molecule has 0 bridgehead atoms. The third-order valence-electron chi connectivity index (χ3n) is 4.23. The largest absolute Gasteiger partial charge is 0.357 e. The van der Waals surface area contributed by atoms with Crippen LogP contribution < -0.4 is 5.32 Å². The van der Waals surface area contributed by atoms with Crippen molar-refractivity contribution >= 4 is 35.8 Å². The molecule has 5 nitrogen and oxygen atoms in total. The van der Waals surface area contributed by atoms with Gasteiger partial charge in [-0.2, -0.15) is 0 Å². The topological polar surface area (TPSA) is 47.9 Å². The van der Waals surface area contributed by atoms with E-state index in [1.807, 2.05) is 69.6 Å². The van der Waals surface area contributed by atoms with Gasteiger partial charge in [-0.15, -0.1) is 24.0 Å². The van der Waals surface area contributed by atoms with Gasteiger partial charge in [0.05, 0.1) is 6.54 Å². The van der Waals surface area contributed by atoms with Gasteiger partial charge in [0.15, 0.2) is 5.96 Å². The fourth-order valence-corrected chi connectivity index (χ4v) is 2.80. The van der Waals surface area contributed by atoms with Crippen LogP contribution in [-0.2, 0) is 17.9 Å². The molecular formula is C22H31IN4O. The van der Waals surface area contributed by atoms with E-state index < -0.39 is 0 Å². The van der Waals surface area contributed by atoms with Gasteiger partial charge in [-0.1, -0.05) is 60.7 Å². The number of guanidine groups is 1. The third-order valence-corrected chi connectivity index (χ3v) is 4.23. The molecule has 0 saturated carbocycles. The van der Waals surface area contributed by atoms with Crippen LogP contribution >= 0.6 is 24.0 Å². The molecule has 0 aromatic heterocycles. The van der Waals surface area contributed by atoms with E-state index in [-0.39, 0.29) is 29.9 Å². The fraction of sp³-hybridized carbons (Fsp3) is 0.364. The maximum Gasteiger partial charge on any atom is 0.224 e. The van der Waals surface area contributed by atoms with Crippen LogP contribution in [0, 0.1) is 0 Å². The highest BCUT2D eigenvalue weighted by molar-refractivity contribution is 14.0. The van der Waals surface area contributed by atoms with Gasteiger partial charge in [0, 0.05) is 40.2 Å². The second-order valence-electron chi connectivity index (χ2n) is 6.56. The number of nitrogens with zero attached hydrogens (tertiary/aromatic N) is 3. The number of hydrogen-bond acceptors (Lipinski definition) is 2. The minimum absolute atomic E-state index is 0. The maximum absolute atomic E-state index is 12.4. The zero-order chi connectivity index (χ0) is 19.5. The molecule has 2 aromatic rings. The van der Waals surface area contributed by atoms with Crippen LogP contribution in [0.25, 0.3) is 0 Å². The molecule has 152 valence electrons. The molecule has 1 N–H and O–H groups in total. The van der Waals surface area contributed by atoms with E-state index in [4.69, 9.17) is 0 Å². The summed E-state index contributed by atoms with van der Waals surface area (Å²) in [6.45, 7) is 4.70. The number of amides is 1. The quantitative estimate of drug-likeness (QED) is 0.346. The molecule has 0 aliphatic rings. The SMILES string of the molecule is CCNC(=NCCC(=O)N(C)Cc1ccccc1)N(C)Cc1ccccc1.I. The highest BCUT2D eigenvalue weighted by Crippen LogP contribution is 2.05. The average molecular weight is 494 g/mol. The van der Waals surface area contributed by atoms with Crippen molar-refractivity contribution in [3.63, 3.8) is 0 Å². The lowest BCUT2D eigenvalue weighted by Gasteiger charge is -2.22. The predicted molar refractivity (Wildman–Crippen MR) is 127 cm³/mol. The van der Waals surface area contributed by atoms with Gasteiger partial charge in [-0.05, 0) is 18.1 Å². The van der Waals surface area contributed by atoms with Crippen LogP contribution in [0.1, 0.15) is 24.5 Å². The highest BCUT2D eigenvalue weighted by atomic mass is 127. The first-order valence-electron chi connectivity index (χ1n) is 9.41. The highest BCUT2D eigenvalue weighted by Gasteiger charge is 2.10. The van der Waals surface area contributed by atoms with Crippen LogP contribution in [-0.4, -0.2) is 48.9 Å². The number of halogens is 1. The molecule has 0 saturated heterocycles. The molecule has 1 amide bonds. The van der Waals surface area contributed by atoms with Crippen LogP contribution in [0.15, 0.2) is 65.7 Å². The van der Waals surface area contributed by atoms with Crippen molar-refractivity contribution in [1.82, 2.24) is 15.1 Å². The van der Waals surface area contributed by atoms with Crippen molar-refractivity contribution in [2.24, 2.45) is 4.99 Å². The lowest BCUT2D eigenvalue weighted by Crippen LogP contribution is -2.38. The summed E-state index contributed by atoms with van der Waals surface area (Å²) >= 11 is 0. The van der Waals surface area contributed by atoms with Crippen molar-refractivity contribution in [3.05, 3.63) is 71.8 Å². The Hall–Kier alpha value is -2.09. The Balaban J connectivity index is 0.00000392. The molecule has 0 fully saturated rings. The summed E-state index contributed by atoms with van der Waals surface area (Å²) in [6.07, 6.45) is 0.400. The number of carbonyl (C=O) groups is 1. The van der Waals surface area contributed by atoms with Crippen LogP contribution in [0.5, 0.6) is 0 Å². The van der Waals surface area contributed by atoms with Crippen molar-refractivity contribution in [3.8, 4) is 0 Å². The van der Waals surface area contributed by atoms with E-state index in [0.29, 0.717) is 19.5 Å². The summed E-state index contributed by atoms with van der Waals surface area (Å²) in [5.41, 5.74) is 2.36. The predicted octanol–water partition coefficient (Wildman–Crippen LogP) is 3.75. The molecule has 2 rings (SSSR count). The summed E-state index contributed by atoms with van der Waals surface area (Å²) in [6, 6.07) is 20.3. The normalized spacial score (nSPS) is 10.8. The van der Waals surface area contributed by atoms with E-state index >= 15 is 0 Å². The Labute approximate surface area is 185 Å². The van der Waals surface area contributed by atoms with Gasteiger partial charge in [0.25, 0.3) is 0 Å². The van der Waals surface area contributed by atoms with E-state index in [9.17, 15) is 4.79 Å². The Morgan fingerprint density at radius 3 is 1.89 bits per heavy atom. The number of carbonyl (C=O) groups excluding carboxylic acids is 1. The number of nitrogens with one attached hydrogen (secondary N) is 1. The molecule has 0 aliphatic carbocycles. The first-order chi connectivity index (χ1) is 13.1. The molecule has 0 radical (unpaired) electrons. The second-order valence-corrected chi connectivity index (χ2v) is 6.56. The molecule has 0 heterocycles. The van der Waals surface area contributed by atoms with Crippen molar-refractivity contribution in [1.29, 1.82) is 0 Å². The molecule has 0 spiro atoms. The summed E-state index contributed by atoms with van der Waals surface area (Å²) in [7, 11) is 3.85. The molecule has 0 aliphatic heterocycles. The Morgan fingerprint density at radius 1 is 0.893 bits per heavy atom. The zero-order valence-electron chi connectivity index (χ0n) is 17.0. The molecule has 0 atom stereocenters. The minimum atomic E-state index is 0. The molecule has 0 unspecified atom stereocenters. The monoisotopic (exact) mass is 494 g/mol. The number of rotatable bonds is 8. The van der Waals surface area contributed by atoms with E-state index in [0.717, 1.165) is 24.6 Å². The van der Waals surface area contributed by atoms with Gasteiger partial charge < -0.3 is 15.1 Å². The zero-order valence-corrected chi connectivity index (χ0v) is 19.3. The van der Waals surface area contributed by atoms with Gasteiger partial charge in [-0.25, -0.2) is 0 Å². The number of hydrogen-bond donors (Lipinski definition) is 1. The summed E-state index contributed by atoms with van der Waals surface area (Å²) in [5.74, 6) is 0.920. The maximum atomic E-state index is 12.4. The summed E-state index contributed by atoms with van der Waals surface area (Å²) in [4.78, 5) is 20.8. The van der Waals surface area contributed by atoms with Crippen molar-refractivity contribution < 1.29 is 4.79 Å². The Kier molecular flexibility index (Phi) is 11.2. The molecule has 2 aromatic carbocycles. The smallest absolute Gasteiger partial charge is 0.224 e. The van der Waals surface area contributed by atoms with Crippen molar-refractivity contribution in [2.75, 3.05) is 27.2 Å². The number of benzene rings is 2. The van der Waals surface area contributed by atoms with Crippen LogP contribution in [0.2, 0.25) is 0 Å². The first kappa shape index (κ1) is 23.9. The van der Waals surface area contributed by atoms with Crippen LogP contribution in [0.3, 0.4) is 0 Å². The number of aliphatic imine (C=N–C) groups is 1. The van der Waals surface area contributed by atoms with E-state index in [2.05, 4.69) is 27.3 Å². The molecular weight excluding hydrogens is 463 g/mol. The van der Waals surface area contributed by atoms with Gasteiger partial charge in [0.1, 0.15) is 0 Å². The molecule has 6 heteroatoms. The lowest BCUT2D eigenvalue weighted by atomic mass is 10.2.